The number of likely N-dealkylation sites (N-methyl/N-ethyl adjacent to an activating group) is 1. The first-order valence-electron chi connectivity index (χ1n) is 7.75. The van der Waals surface area contributed by atoms with Crippen molar-refractivity contribution in [2.45, 2.75) is 39.7 Å². The summed E-state index contributed by atoms with van der Waals surface area (Å²) < 4.78 is 28.9. The molecule has 0 atom stereocenters. The van der Waals surface area contributed by atoms with Gasteiger partial charge in [-0.1, -0.05) is 0 Å². The fourth-order valence-corrected chi connectivity index (χ4v) is 3.04. The number of aromatic nitrogens is 2. The molecule has 3 rings (SSSR count). The van der Waals surface area contributed by atoms with Crippen LogP contribution in [0.2, 0.25) is 0 Å². The Balaban J connectivity index is 2.10. The smallest absolute Gasteiger partial charge is 0.264 e. The minimum absolute atomic E-state index is 0.0995. The molecule has 0 unspecified atom stereocenters. The molecule has 0 amide bonds. The van der Waals surface area contributed by atoms with Crippen LogP contribution in [0.3, 0.4) is 0 Å². The Bertz CT molecular complexity index is 677. The van der Waals surface area contributed by atoms with Gasteiger partial charge in [-0.15, -0.1) is 0 Å². The molecule has 1 aliphatic heterocycles. The van der Waals surface area contributed by atoms with Crippen LogP contribution in [-0.4, -0.2) is 22.9 Å². The summed E-state index contributed by atoms with van der Waals surface area (Å²) in [4.78, 5) is 2.16. The van der Waals surface area contributed by atoms with Crippen LogP contribution in [0.25, 0.3) is 11.1 Å². The lowest BCUT2D eigenvalue weighted by atomic mass is 9.98. The maximum absolute atomic E-state index is 13.5. The molecule has 0 N–H and O–H groups in total. The molecule has 3 nitrogen and oxygen atoms in total. The van der Waals surface area contributed by atoms with Crippen molar-refractivity contribution < 1.29 is 8.78 Å². The zero-order chi connectivity index (χ0) is 15.9. The maximum Gasteiger partial charge on any atom is 0.264 e. The molecule has 1 aliphatic rings. The van der Waals surface area contributed by atoms with E-state index < -0.39 is 6.43 Å². The predicted octanol–water partition coefficient (Wildman–Crippen LogP) is 4.45. The van der Waals surface area contributed by atoms with Gasteiger partial charge in [0.25, 0.3) is 6.43 Å². The van der Waals surface area contributed by atoms with Crippen LogP contribution in [0.4, 0.5) is 14.5 Å². The number of hydrogen-bond donors (Lipinski definition) is 0. The van der Waals surface area contributed by atoms with Gasteiger partial charge >= 0.3 is 0 Å². The molecule has 118 valence electrons. The Hall–Kier alpha value is -1.91. The highest BCUT2D eigenvalue weighted by atomic mass is 19.3. The van der Waals surface area contributed by atoms with E-state index in [2.05, 4.69) is 16.9 Å². The summed E-state index contributed by atoms with van der Waals surface area (Å²) in [5.74, 6) is 0. The molecular weight excluding hydrogens is 284 g/mol. The zero-order valence-electron chi connectivity index (χ0n) is 13.2. The first-order chi connectivity index (χ1) is 10.5. The van der Waals surface area contributed by atoms with Gasteiger partial charge < -0.3 is 4.90 Å². The van der Waals surface area contributed by atoms with Crippen LogP contribution in [0, 0.1) is 0 Å². The van der Waals surface area contributed by atoms with E-state index in [0.29, 0.717) is 5.56 Å². The van der Waals surface area contributed by atoms with Gasteiger partial charge in [-0.3, -0.25) is 4.68 Å². The number of nitrogens with zero attached hydrogens (tertiary/aromatic N) is 3. The second-order valence-corrected chi connectivity index (χ2v) is 6.00. The van der Waals surface area contributed by atoms with Crippen molar-refractivity contribution in [3.63, 3.8) is 0 Å². The molecule has 0 fully saturated rings. The van der Waals surface area contributed by atoms with Crippen molar-refractivity contribution in [1.82, 2.24) is 9.78 Å². The molecule has 5 heteroatoms. The van der Waals surface area contributed by atoms with Crippen molar-refractivity contribution in [1.29, 1.82) is 0 Å². The quantitative estimate of drug-likeness (QED) is 0.832. The van der Waals surface area contributed by atoms with Crippen LogP contribution < -0.4 is 4.90 Å². The number of alkyl halides is 2. The molecule has 0 saturated carbocycles. The summed E-state index contributed by atoms with van der Waals surface area (Å²) in [6, 6.07) is 3.81. The lowest BCUT2D eigenvalue weighted by Crippen LogP contribution is -2.19. The van der Waals surface area contributed by atoms with Gasteiger partial charge in [-0.05, 0) is 50.5 Å². The summed E-state index contributed by atoms with van der Waals surface area (Å²) in [5, 5.41) is 4.28. The summed E-state index contributed by atoms with van der Waals surface area (Å²) >= 11 is 0. The molecule has 22 heavy (non-hydrogen) atoms. The molecule has 1 aromatic heterocycles. The van der Waals surface area contributed by atoms with Crippen LogP contribution in [-0.2, 0) is 6.42 Å². The Kier molecular flexibility index (Phi) is 3.89. The number of anilines is 1. The minimum atomic E-state index is -2.48. The van der Waals surface area contributed by atoms with Gasteiger partial charge in [0.2, 0.25) is 0 Å². The molecule has 0 spiro atoms. The topological polar surface area (TPSA) is 21.1 Å². The van der Waals surface area contributed by atoms with Crippen molar-refractivity contribution in [2.75, 3.05) is 18.0 Å². The Morgan fingerprint density at radius 3 is 2.64 bits per heavy atom. The van der Waals surface area contributed by atoms with Crippen LogP contribution in [0.1, 0.15) is 44.4 Å². The van der Waals surface area contributed by atoms with E-state index in [1.54, 1.807) is 16.9 Å². The van der Waals surface area contributed by atoms with E-state index in [-0.39, 0.29) is 11.6 Å². The standard InChI is InChI=1S/C17H21F2N3/c1-4-21-6-5-12-7-14(15(17(18)19)8-16(12)21)13-9-20-22(10-13)11(2)3/h7-11,17H,4-6H2,1-3H3. The lowest BCUT2D eigenvalue weighted by Gasteiger charge is -2.18. The third kappa shape index (κ3) is 2.49. The minimum Gasteiger partial charge on any atom is -0.371 e. The fourth-order valence-electron chi connectivity index (χ4n) is 3.04. The van der Waals surface area contributed by atoms with E-state index in [0.717, 1.165) is 36.3 Å². The predicted molar refractivity (Wildman–Crippen MR) is 84.6 cm³/mol. The first kappa shape index (κ1) is 15.0. The Morgan fingerprint density at radius 2 is 2.05 bits per heavy atom. The third-order valence-corrected chi connectivity index (χ3v) is 4.30. The van der Waals surface area contributed by atoms with Crippen molar-refractivity contribution in [2.24, 2.45) is 0 Å². The number of benzene rings is 1. The molecule has 0 saturated heterocycles. The number of hydrogen-bond acceptors (Lipinski definition) is 2. The Labute approximate surface area is 129 Å². The number of rotatable bonds is 4. The van der Waals surface area contributed by atoms with E-state index >= 15 is 0 Å². The number of halogens is 2. The fraction of sp³-hybridized carbons (Fsp3) is 0.471. The molecule has 0 bridgehead atoms. The SMILES string of the molecule is CCN1CCc2cc(-c3cnn(C(C)C)c3)c(C(F)F)cc21. The van der Waals surface area contributed by atoms with Gasteiger partial charge in [0.05, 0.1) is 6.20 Å². The molecule has 0 radical (unpaired) electrons. The van der Waals surface area contributed by atoms with E-state index in [1.165, 1.54) is 0 Å². The van der Waals surface area contributed by atoms with Gasteiger partial charge in [-0.2, -0.15) is 5.10 Å². The third-order valence-electron chi connectivity index (χ3n) is 4.30. The molecular formula is C17H21F2N3. The summed E-state index contributed by atoms with van der Waals surface area (Å²) in [6.45, 7) is 7.85. The van der Waals surface area contributed by atoms with Gasteiger partial charge in [0.15, 0.2) is 0 Å². The lowest BCUT2D eigenvalue weighted by molar-refractivity contribution is 0.152. The van der Waals surface area contributed by atoms with Crippen molar-refractivity contribution >= 4 is 5.69 Å². The maximum atomic E-state index is 13.5. The summed E-state index contributed by atoms with van der Waals surface area (Å²) in [7, 11) is 0. The van der Waals surface area contributed by atoms with Crippen molar-refractivity contribution in [3.05, 3.63) is 35.7 Å². The summed E-state index contributed by atoms with van der Waals surface area (Å²) in [6.07, 6.45) is 1.96. The zero-order valence-corrected chi connectivity index (χ0v) is 13.2. The molecule has 2 aromatic rings. The summed E-state index contributed by atoms with van der Waals surface area (Å²) in [5.41, 5.74) is 3.58. The Morgan fingerprint density at radius 1 is 1.27 bits per heavy atom. The molecule has 2 heterocycles. The molecule has 1 aromatic carbocycles. The van der Waals surface area contributed by atoms with Crippen LogP contribution >= 0.6 is 0 Å². The van der Waals surface area contributed by atoms with Gasteiger partial charge in [0, 0.05) is 42.1 Å². The second kappa shape index (κ2) is 5.71. The van der Waals surface area contributed by atoms with E-state index in [9.17, 15) is 8.78 Å². The number of fused-ring (bicyclic) bond motifs is 1. The largest absolute Gasteiger partial charge is 0.371 e. The first-order valence-corrected chi connectivity index (χ1v) is 7.75. The van der Waals surface area contributed by atoms with Gasteiger partial charge in [-0.25, -0.2) is 8.78 Å². The normalized spacial score (nSPS) is 14.2. The van der Waals surface area contributed by atoms with Crippen LogP contribution in [0.15, 0.2) is 24.5 Å². The van der Waals surface area contributed by atoms with E-state index in [4.69, 9.17) is 0 Å². The monoisotopic (exact) mass is 305 g/mol. The highest BCUT2D eigenvalue weighted by Gasteiger charge is 2.24. The second-order valence-electron chi connectivity index (χ2n) is 6.00. The highest BCUT2D eigenvalue weighted by molar-refractivity contribution is 5.74. The van der Waals surface area contributed by atoms with E-state index in [1.807, 2.05) is 26.1 Å². The van der Waals surface area contributed by atoms with Gasteiger partial charge in [0.1, 0.15) is 0 Å². The highest BCUT2D eigenvalue weighted by Crippen LogP contribution is 2.39. The molecule has 0 aliphatic carbocycles. The average molecular weight is 305 g/mol. The van der Waals surface area contributed by atoms with Crippen LogP contribution in [0.5, 0.6) is 0 Å². The average Bonchev–Trinajstić information content (AvgIpc) is 3.12. The van der Waals surface area contributed by atoms with Crippen molar-refractivity contribution in [3.8, 4) is 11.1 Å².